The lowest BCUT2D eigenvalue weighted by molar-refractivity contribution is 0.0192. The Hall–Kier alpha value is -3.58. The number of pyridine rings is 2. The van der Waals surface area contributed by atoms with Crippen molar-refractivity contribution in [2.75, 3.05) is 0 Å². The van der Waals surface area contributed by atoms with Crippen LogP contribution in [0.4, 0.5) is 0 Å². The lowest BCUT2D eigenvalue weighted by Gasteiger charge is -2.35. The van der Waals surface area contributed by atoms with Crippen LogP contribution in [-0.4, -0.2) is 47.8 Å². The number of hydrogen-bond acceptors (Lipinski definition) is 5. The van der Waals surface area contributed by atoms with Crippen LogP contribution in [0.25, 0.3) is 22.2 Å². The fraction of sp³-hybridized carbons (Fsp3) is 0.333. The van der Waals surface area contributed by atoms with Gasteiger partial charge in [-0.1, -0.05) is 25.0 Å². The zero-order valence-electron chi connectivity index (χ0n) is 19.2. The minimum absolute atomic E-state index is 0.0137. The molecule has 2 aliphatic rings. The molecule has 0 saturated heterocycles. The number of nitrogens with zero attached hydrogens (tertiary/aromatic N) is 5. The molecule has 172 valence electrons. The van der Waals surface area contributed by atoms with Crippen molar-refractivity contribution in [2.24, 2.45) is 7.05 Å². The quantitative estimate of drug-likeness (QED) is 0.507. The van der Waals surface area contributed by atoms with Gasteiger partial charge in [0.05, 0.1) is 29.6 Å². The predicted octanol–water partition coefficient (Wildman–Crippen LogP) is 3.88. The van der Waals surface area contributed by atoms with E-state index < -0.39 is 6.10 Å². The van der Waals surface area contributed by atoms with E-state index >= 15 is 0 Å². The van der Waals surface area contributed by atoms with Gasteiger partial charge in [-0.3, -0.25) is 19.4 Å². The Kier molecular flexibility index (Phi) is 5.14. The Morgan fingerprint density at radius 3 is 2.76 bits per heavy atom. The van der Waals surface area contributed by atoms with E-state index in [0.717, 1.165) is 70.1 Å². The first-order valence-electron chi connectivity index (χ1n) is 11.9. The number of benzene rings is 1. The average molecular weight is 454 g/mol. The highest BCUT2D eigenvalue weighted by molar-refractivity contribution is 6.04. The number of aromatic nitrogens is 4. The van der Waals surface area contributed by atoms with Crippen LogP contribution in [0.2, 0.25) is 0 Å². The summed E-state index contributed by atoms with van der Waals surface area (Å²) >= 11 is 0. The molecule has 3 aromatic heterocycles. The van der Waals surface area contributed by atoms with Gasteiger partial charge in [-0.2, -0.15) is 5.10 Å². The molecule has 4 aromatic rings. The number of fused-ring (bicyclic) bond motifs is 3. The molecule has 6 rings (SSSR count). The zero-order chi connectivity index (χ0) is 23.2. The van der Waals surface area contributed by atoms with Gasteiger partial charge < -0.3 is 10.0 Å². The van der Waals surface area contributed by atoms with Gasteiger partial charge in [0.2, 0.25) is 0 Å². The maximum Gasteiger partial charge on any atom is 0.254 e. The highest BCUT2D eigenvalue weighted by atomic mass is 16.3. The molecule has 1 amide bonds. The minimum Gasteiger partial charge on any atom is -0.391 e. The maximum atomic E-state index is 13.5. The lowest BCUT2D eigenvalue weighted by atomic mass is 9.91. The molecule has 0 spiro atoms. The van der Waals surface area contributed by atoms with E-state index in [2.05, 4.69) is 27.2 Å². The highest BCUT2D eigenvalue weighted by Crippen LogP contribution is 2.36. The molecule has 2 atom stereocenters. The van der Waals surface area contributed by atoms with Crippen LogP contribution in [0, 0.1) is 0 Å². The number of hydrogen-bond donors (Lipinski definition) is 1. The van der Waals surface area contributed by atoms with Gasteiger partial charge in [0.25, 0.3) is 5.91 Å². The summed E-state index contributed by atoms with van der Waals surface area (Å²) in [5.41, 5.74) is 6.59. The van der Waals surface area contributed by atoms with Gasteiger partial charge in [0.15, 0.2) is 0 Å². The smallest absolute Gasteiger partial charge is 0.254 e. The van der Waals surface area contributed by atoms with Crippen LogP contribution in [0.15, 0.2) is 55.1 Å². The normalized spacial score (nSPS) is 20.2. The fourth-order valence-corrected chi connectivity index (χ4v) is 5.46. The van der Waals surface area contributed by atoms with E-state index in [4.69, 9.17) is 0 Å². The maximum absolute atomic E-state index is 13.5. The highest BCUT2D eigenvalue weighted by Gasteiger charge is 2.38. The summed E-state index contributed by atoms with van der Waals surface area (Å²) in [7, 11) is 1.89. The zero-order valence-corrected chi connectivity index (χ0v) is 19.2. The van der Waals surface area contributed by atoms with Crippen molar-refractivity contribution in [3.63, 3.8) is 0 Å². The molecule has 1 aliphatic carbocycles. The Labute approximate surface area is 198 Å². The van der Waals surface area contributed by atoms with Crippen LogP contribution in [0.5, 0.6) is 0 Å². The molecule has 7 heteroatoms. The topological polar surface area (TPSA) is 84.1 Å². The molecule has 1 fully saturated rings. The molecule has 34 heavy (non-hydrogen) atoms. The van der Waals surface area contributed by atoms with E-state index in [1.807, 2.05) is 48.7 Å². The van der Waals surface area contributed by atoms with Crippen molar-refractivity contribution < 1.29 is 9.90 Å². The molecule has 1 aromatic carbocycles. The molecule has 1 N–H and O–H groups in total. The number of carbonyl (C=O) groups excluding carboxylic acids is 1. The average Bonchev–Trinajstić information content (AvgIpc) is 3.44. The van der Waals surface area contributed by atoms with E-state index in [0.29, 0.717) is 13.0 Å². The van der Waals surface area contributed by atoms with Gasteiger partial charge in [0, 0.05) is 54.3 Å². The van der Waals surface area contributed by atoms with Crippen LogP contribution in [0.1, 0.15) is 52.7 Å². The molecular weight excluding hydrogens is 426 g/mol. The molecule has 7 nitrogen and oxygen atoms in total. The number of aliphatic hydroxyl groups excluding tert-OH is 1. The molecule has 2 unspecified atom stereocenters. The fourth-order valence-electron chi connectivity index (χ4n) is 5.46. The van der Waals surface area contributed by atoms with Gasteiger partial charge >= 0.3 is 0 Å². The van der Waals surface area contributed by atoms with Gasteiger partial charge in [0.1, 0.15) is 0 Å². The lowest BCUT2D eigenvalue weighted by Crippen LogP contribution is -2.45. The number of rotatable bonds is 4. The van der Waals surface area contributed by atoms with Crippen molar-refractivity contribution in [2.45, 2.75) is 50.8 Å². The monoisotopic (exact) mass is 453 g/mol. The Balaban J connectivity index is 1.34. The number of amides is 1. The minimum atomic E-state index is -0.449. The summed E-state index contributed by atoms with van der Waals surface area (Å²) in [6.45, 7) is 0.519. The summed E-state index contributed by atoms with van der Waals surface area (Å²) < 4.78 is 1.77. The summed E-state index contributed by atoms with van der Waals surface area (Å²) in [4.78, 5) is 24.6. The third-order valence-electron chi connectivity index (χ3n) is 7.22. The van der Waals surface area contributed by atoms with Crippen molar-refractivity contribution in [3.05, 3.63) is 77.4 Å². The Morgan fingerprint density at radius 2 is 2.00 bits per heavy atom. The van der Waals surface area contributed by atoms with Crippen LogP contribution < -0.4 is 0 Å². The van der Waals surface area contributed by atoms with Gasteiger partial charge in [-0.25, -0.2) is 0 Å². The van der Waals surface area contributed by atoms with E-state index in [1.165, 1.54) is 0 Å². The van der Waals surface area contributed by atoms with Crippen LogP contribution >= 0.6 is 0 Å². The first-order chi connectivity index (χ1) is 16.6. The first kappa shape index (κ1) is 21.0. The van der Waals surface area contributed by atoms with Gasteiger partial charge in [-0.05, 0) is 48.6 Å². The summed E-state index contributed by atoms with van der Waals surface area (Å²) in [6.07, 6.45) is 11.3. The number of carbonyl (C=O) groups is 1. The number of aryl methyl sites for hydroxylation is 1. The summed E-state index contributed by atoms with van der Waals surface area (Å²) in [6, 6.07) is 10.0. The van der Waals surface area contributed by atoms with Gasteiger partial charge in [-0.15, -0.1) is 0 Å². The van der Waals surface area contributed by atoms with E-state index in [9.17, 15) is 9.90 Å². The second-order valence-corrected chi connectivity index (χ2v) is 9.44. The predicted molar refractivity (Wildman–Crippen MR) is 129 cm³/mol. The van der Waals surface area contributed by atoms with Crippen molar-refractivity contribution in [1.29, 1.82) is 0 Å². The largest absolute Gasteiger partial charge is 0.391 e. The van der Waals surface area contributed by atoms with Crippen molar-refractivity contribution in [3.8, 4) is 11.3 Å². The standard InChI is InChI=1S/C27H27N5O2/c1-31-15-19(14-30-31)23-9-8-17(13-29-23)11-18-12-21-22(26-20(18)5-4-10-28-26)16-32(27(21)34)24-6-2-3-7-25(24)33/h4-5,8-10,12-15,24-25,33H,2-3,6-7,11,16H2,1H3. The first-order valence-corrected chi connectivity index (χ1v) is 11.9. The SMILES string of the molecule is Cn1cc(-c2ccc(Cc3cc4c(c5ncccc35)CN(C3CCCCC3O)C4=O)cn2)cn1. The summed E-state index contributed by atoms with van der Waals surface area (Å²) in [5.74, 6) is 0.0137. The number of aliphatic hydroxyl groups is 1. The van der Waals surface area contributed by atoms with Crippen molar-refractivity contribution in [1.82, 2.24) is 24.6 Å². The Bertz CT molecular complexity index is 1380. The third-order valence-corrected chi connectivity index (χ3v) is 7.22. The molecule has 0 radical (unpaired) electrons. The second-order valence-electron chi connectivity index (χ2n) is 9.44. The molecule has 1 aliphatic heterocycles. The molecular formula is C27H27N5O2. The summed E-state index contributed by atoms with van der Waals surface area (Å²) in [5, 5.41) is 15.9. The third kappa shape index (κ3) is 3.56. The molecule has 1 saturated carbocycles. The van der Waals surface area contributed by atoms with Crippen LogP contribution in [0.3, 0.4) is 0 Å². The molecule has 0 bridgehead atoms. The van der Waals surface area contributed by atoms with Crippen molar-refractivity contribution >= 4 is 16.8 Å². The van der Waals surface area contributed by atoms with E-state index in [1.54, 1.807) is 10.9 Å². The second kappa shape index (κ2) is 8.33. The Morgan fingerprint density at radius 1 is 1.12 bits per heavy atom. The van der Waals surface area contributed by atoms with Crippen LogP contribution in [-0.2, 0) is 20.0 Å². The molecule has 4 heterocycles. The van der Waals surface area contributed by atoms with E-state index in [-0.39, 0.29) is 11.9 Å².